The lowest BCUT2D eigenvalue weighted by atomic mass is 10.2. The molecule has 1 aromatic heterocycles. The highest BCUT2D eigenvalue weighted by atomic mass is 16.1. The van der Waals surface area contributed by atoms with E-state index in [1.54, 1.807) is 11.1 Å². The summed E-state index contributed by atoms with van der Waals surface area (Å²) in [6, 6.07) is 1.88. The topological polar surface area (TPSA) is 61.4 Å². The SMILES string of the molecule is CC(C)CNc1ccnc(N2CCN(C=O)CC2)n1. The molecule has 104 valence electrons. The van der Waals surface area contributed by atoms with Crippen molar-refractivity contribution < 1.29 is 4.79 Å². The molecule has 1 aliphatic heterocycles. The molecule has 19 heavy (non-hydrogen) atoms. The fourth-order valence-electron chi connectivity index (χ4n) is 1.94. The Morgan fingerprint density at radius 3 is 2.74 bits per heavy atom. The van der Waals surface area contributed by atoms with E-state index in [0.29, 0.717) is 5.92 Å². The maximum Gasteiger partial charge on any atom is 0.227 e. The quantitative estimate of drug-likeness (QED) is 0.797. The van der Waals surface area contributed by atoms with Gasteiger partial charge in [-0.25, -0.2) is 4.98 Å². The Morgan fingerprint density at radius 1 is 1.37 bits per heavy atom. The van der Waals surface area contributed by atoms with Crippen molar-refractivity contribution in [3.8, 4) is 0 Å². The van der Waals surface area contributed by atoms with Crippen LogP contribution in [0.2, 0.25) is 0 Å². The van der Waals surface area contributed by atoms with Gasteiger partial charge in [-0.05, 0) is 12.0 Å². The number of nitrogens with zero attached hydrogens (tertiary/aromatic N) is 4. The van der Waals surface area contributed by atoms with Crippen molar-refractivity contribution in [2.75, 3.05) is 42.9 Å². The lowest BCUT2D eigenvalue weighted by Gasteiger charge is -2.32. The summed E-state index contributed by atoms with van der Waals surface area (Å²) in [4.78, 5) is 23.4. The van der Waals surface area contributed by atoms with Gasteiger partial charge in [-0.3, -0.25) is 4.79 Å². The highest BCUT2D eigenvalue weighted by Gasteiger charge is 2.17. The lowest BCUT2D eigenvalue weighted by Crippen LogP contribution is -2.46. The Labute approximate surface area is 113 Å². The fourth-order valence-corrected chi connectivity index (χ4v) is 1.94. The number of amides is 1. The van der Waals surface area contributed by atoms with Crippen LogP contribution in [0.5, 0.6) is 0 Å². The third-order valence-corrected chi connectivity index (χ3v) is 3.08. The number of hydrogen-bond donors (Lipinski definition) is 1. The number of rotatable bonds is 5. The maximum absolute atomic E-state index is 10.7. The summed E-state index contributed by atoms with van der Waals surface area (Å²) in [6.07, 6.45) is 2.68. The van der Waals surface area contributed by atoms with Crippen molar-refractivity contribution in [3.05, 3.63) is 12.3 Å². The molecule has 1 N–H and O–H groups in total. The van der Waals surface area contributed by atoms with Crippen LogP contribution in [-0.2, 0) is 4.79 Å². The second-order valence-electron chi connectivity index (χ2n) is 5.15. The van der Waals surface area contributed by atoms with E-state index >= 15 is 0 Å². The molecule has 0 unspecified atom stereocenters. The zero-order valence-corrected chi connectivity index (χ0v) is 11.5. The molecule has 2 rings (SSSR count). The fraction of sp³-hybridized carbons (Fsp3) is 0.615. The minimum Gasteiger partial charge on any atom is -0.370 e. The largest absolute Gasteiger partial charge is 0.370 e. The second kappa shape index (κ2) is 6.36. The minimum atomic E-state index is 0.578. The first-order valence-corrected chi connectivity index (χ1v) is 6.70. The monoisotopic (exact) mass is 263 g/mol. The van der Waals surface area contributed by atoms with Crippen molar-refractivity contribution in [1.29, 1.82) is 0 Å². The first-order chi connectivity index (χ1) is 9.19. The molecule has 0 aliphatic carbocycles. The van der Waals surface area contributed by atoms with Gasteiger partial charge in [0.1, 0.15) is 5.82 Å². The maximum atomic E-state index is 10.7. The summed E-state index contributed by atoms with van der Waals surface area (Å²) in [5.41, 5.74) is 0. The number of piperazine rings is 1. The summed E-state index contributed by atoms with van der Waals surface area (Å²) >= 11 is 0. The van der Waals surface area contributed by atoms with Crippen LogP contribution < -0.4 is 10.2 Å². The van der Waals surface area contributed by atoms with Gasteiger partial charge in [0, 0.05) is 38.9 Å². The average Bonchev–Trinajstić information content (AvgIpc) is 2.45. The van der Waals surface area contributed by atoms with E-state index in [2.05, 4.69) is 34.0 Å². The second-order valence-corrected chi connectivity index (χ2v) is 5.15. The minimum absolute atomic E-state index is 0.578. The molecular weight excluding hydrogens is 242 g/mol. The van der Waals surface area contributed by atoms with E-state index in [9.17, 15) is 4.79 Å². The van der Waals surface area contributed by atoms with Gasteiger partial charge in [0.2, 0.25) is 12.4 Å². The zero-order chi connectivity index (χ0) is 13.7. The van der Waals surface area contributed by atoms with Gasteiger partial charge >= 0.3 is 0 Å². The van der Waals surface area contributed by atoms with Crippen LogP contribution in [0.25, 0.3) is 0 Å². The smallest absolute Gasteiger partial charge is 0.227 e. The molecule has 1 aliphatic rings. The molecule has 6 heteroatoms. The van der Waals surface area contributed by atoms with Gasteiger partial charge in [-0.15, -0.1) is 0 Å². The van der Waals surface area contributed by atoms with Crippen LogP contribution in [-0.4, -0.2) is 54.0 Å². The summed E-state index contributed by atoms with van der Waals surface area (Å²) in [6.45, 7) is 8.25. The Balaban J connectivity index is 1.97. The third kappa shape index (κ3) is 3.81. The third-order valence-electron chi connectivity index (χ3n) is 3.08. The van der Waals surface area contributed by atoms with Gasteiger partial charge in [0.15, 0.2) is 0 Å². The van der Waals surface area contributed by atoms with Gasteiger partial charge < -0.3 is 15.1 Å². The molecule has 1 amide bonds. The summed E-state index contributed by atoms with van der Waals surface area (Å²) in [7, 11) is 0. The predicted octanol–water partition coefficient (Wildman–Crippen LogP) is 0.823. The number of hydrogen-bond acceptors (Lipinski definition) is 5. The van der Waals surface area contributed by atoms with Gasteiger partial charge in [-0.1, -0.05) is 13.8 Å². The molecule has 0 radical (unpaired) electrons. The van der Waals surface area contributed by atoms with Crippen LogP contribution in [0.4, 0.5) is 11.8 Å². The molecule has 1 saturated heterocycles. The average molecular weight is 263 g/mol. The van der Waals surface area contributed by atoms with Crippen molar-refractivity contribution in [1.82, 2.24) is 14.9 Å². The Hall–Kier alpha value is -1.85. The van der Waals surface area contributed by atoms with E-state index < -0.39 is 0 Å². The number of anilines is 2. The van der Waals surface area contributed by atoms with Gasteiger partial charge in [0.25, 0.3) is 0 Å². The highest BCUT2D eigenvalue weighted by molar-refractivity contribution is 5.48. The molecule has 0 saturated carbocycles. The molecule has 2 heterocycles. The number of nitrogens with one attached hydrogen (secondary N) is 1. The van der Waals surface area contributed by atoms with E-state index in [4.69, 9.17) is 0 Å². The standard InChI is InChI=1S/C13H21N5O/c1-11(2)9-15-12-3-4-14-13(16-12)18-7-5-17(10-19)6-8-18/h3-4,10-11H,5-9H2,1-2H3,(H,14,15,16). The summed E-state index contributed by atoms with van der Waals surface area (Å²) < 4.78 is 0. The molecule has 6 nitrogen and oxygen atoms in total. The zero-order valence-electron chi connectivity index (χ0n) is 11.5. The van der Waals surface area contributed by atoms with Crippen LogP contribution in [0.1, 0.15) is 13.8 Å². The molecule has 1 aromatic rings. The molecule has 0 bridgehead atoms. The Bertz CT molecular complexity index is 415. The van der Waals surface area contributed by atoms with E-state index in [-0.39, 0.29) is 0 Å². The van der Waals surface area contributed by atoms with Crippen LogP contribution in [0.3, 0.4) is 0 Å². The number of aromatic nitrogens is 2. The Kier molecular flexibility index (Phi) is 4.54. The normalized spacial score (nSPS) is 15.7. The van der Waals surface area contributed by atoms with E-state index in [0.717, 1.165) is 50.9 Å². The molecule has 1 fully saturated rings. The predicted molar refractivity (Wildman–Crippen MR) is 75.2 cm³/mol. The van der Waals surface area contributed by atoms with Crippen molar-refractivity contribution >= 4 is 18.2 Å². The van der Waals surface area contributed by atoms with Gasteiger partial charge in [-0.2, -0.15) is 4.98 Å². The van der Waals surface area contributed by atoms with Crippen LogP contribution in [0.15, 0.2) is 12.3 Å². The van der Waals surface area contributed by atoms with Crippen molar-refractivity contribution in [2.45, 2.75) is 13.8 Å². The first kappa shape index (κ1) is 13.6. The Morgan fingerprint density at radius 2 is 2.11 bits per heavy atom. The highest BCUT2D eigenvalue weighted by Crippen LogP contribution is 2.13. The number of carbonyl (C=O) groups excluding carboxylic acids is 1. The van der Waals surface area contributed by atoms with E-state index in [1.807, 2.05) is 6.07 Å². The molecule has 0 aromatic carbocycles. The van der Waals surface area contributed by atoms with Crippen molar-refractivity contribution in [3.63, 3.8) is 0 Å². The van der Waals surface area contributed by atoms with Gasteiger partial charge in [0.05, 0.1) is 0 Å². The van der Waals surface area contributed by atoms with Crippen LogP contribution >= 0.6 is 0 Å². The first-order valence-electron chi connectivity index (χ1n) is 6.70. The summed E-state index contributed by atoms with van der Waals surface area (Å²) in [5.74, 6) is 2.17. The molecule has 0 atom stereocenters. The summed E-state index contributed by atoms with van der Waals surface area (Å²) in [5, 5.41) is 3.30. The van der Waals surface area contributed by atoms with E-state index in [1.165, 1.54) is 0 Å². The molecular formula is C13H21N5O. The molecule has 0 spiro atoms. The lowest BCUT2D eigenvalue weighted by molar-refractivity contribution is -0.118. The number of carbonyl (C=O) groups is 1. The van der Waals surface area contributed by atoms with Crippen molar-refractivity contribution in [2.24, 2.45) is 5.92 Å². The van der Waals surface area contributed by atoms with Crippen LogP contribution in [0, 0.1) is 5.92 Å².